The molecule has 6 heteroatoms. The van der Waals surface area contributed by atoms with E-state index in [1.165, 1.54) is 38.8 Å². The Labute approximate surface area is 188 Å². The molecule has 1 N–H and O–H groups in total. The van der Waals surface area contributed by atoms with E-state index in [4.69, 9.17) is 9.97 Å². The SMILES string of the molecule is CC1CCC(N2CCN(Cc3nc(NCCCN(C)C)c4ccccc4n3)CC2)CC1. The van der Waals surface area contributed by atoms with Crippen LogP contribution in [0.3, 0.4) is 0 Å². The van der Waals surface area contributed by atoms with Crippen LogP contribution >= 0.6 is 0 Å². The monoisotopic (exact) mass is 424 g/mol. The van der Waals surface area contributed by atoms with Gasteiger partial charge in [0, 0.05) is 44.2 Å². The number of anilines is 1. The van der Waals surface area contributed by atoms with Gasteiger partial charge in [-0.1, -0.05) is 19.1 Å². The Bertz CT molecular complexity index is 822. The average Bonchev–Trinajstić information content (AvgIpc) is 2.77. The van der Waals surface area contributed by atoms with Crippen molar-refractivity contribution in [3.05, 3.63) is 30.1 Å². The number of para-hydroxylation sites is 1. The lowest BCUT2D eigenvalue weighted by atomic mass is 9.86. The molecular weight excluding hydrogens is 384 g/mol. The Morgan fingerprint density at radius 2 is 1.74 bits per heavy atom. The molecule has 4 rings (SSSR count). The predicted octanol–water partition coefficient (Wildman–Crippen LogP) is 3.69. The normalized spacial score (nSPS) is 23.5. The molecule has 2 aliphatic rings. The van der Waals surface area contributed by atoms with Crippen LogP contribution in [0, 0.1) is 5.92 Å². The van der Waals surface area contributed by atoms with Gasteiger partial charge in [-0.05, 0) is 70.8 Å². The Kier molecular flexibility index (Phi) is 7.75. The fraction of sp³-hybridized carbons (Fsp3) is 0.680. The number of aromatic nitrogens is 2. The van der Waals surface area contributed by atoms with E-state index < -0.39 is 0 Å². The third-order valence-corrected chi connectivity index (χ3v) is 7.00. The summed E-state index contributed by atoms with van der Waals surface area (Å²) >= 11 is 0. The second-order valence-corrected chi connectivity index (χ2v) is 9.82. The number of rotatable bonds is 8. The van der Waals surface area contributed by atoms with Crippen molar-refractivity contribution in [2.45, 2.75) is 51.6 Å². The van der Waals surface area contributed by atoms with Crippen LogP contribution in [0.5, 0.6) is 0 Å². The maximum atomic E-state index is 4.94. The van der Waals surface area contributed by atoms with E-state index in [-0.39, 0.29) is 0 Å². The molecule has 2 heterocycles. The zero-order chi connectivity index (χ0) is 21.6. The summed E-state index contributed by atoms with van der Waals surface area (Å²) in [6.07, 6.45) is 6.68. The highest BCUT2D eigenvalue weighted by atomic mass is 15.3. The van der Waals surface area contributed by atoms with E-state index in [2.05, 4.69) is 65.3 Å². The van der Waals surface area contributed by atoms with E-state index >= 15 is 0 Å². The number of hydrogen-bond donors (Lipinski definition) is 1. The molecule has 0 atom stereocenters. The molecule has 1 aliphatic heterocycles. The van der Waals surface area contributed by atoms with E-state index in [0.717, 1.165) is 73.6 Å². The number of nitrogens with one attached hydrogen (secondary N) is 1. The first kappa shape index (κ1) is 22.4. The van der Waals surface area contributed by atoms with Gasteiger partial charge in [0.1, 0.15) is 11.6 Å². The molecule has 1 saturated carbocycles. The summed E-state index contributed by atoms with van der Waals surface area (Å²) < 4.78 is 0. The van der Waals surface area contributed by atoms with Crippen LogP contribution in [0.2, 0.25) is 0 Å². The van der Waals surface area contributed by atoms with Crippen LogP contribution in [0.15, 0.2) is 24.3 Å². The van der Waals surface area contributed by atoms with Crippen molar-refractivity contribution in [2.75, 3.05) is 58.7 Å². The molecule has 1 aromatic carbocycles. The first-order valence-corrected chi connectivity index (χ1v) is 12.2. The molecule has 0 bridgehead atoms. The third-order valence-electron chi connectivity index (χ3n) is 7.00. The highest BCUT2D eigenvalue weighted by molar-refractivity contribution is 5.88. The summed E-state index contributed by atoms with van der Waals surface area (Å²) in [6.45, 7) is 9.85. The second-order valence-electron chi connectivity index (χ2n) is 9.82. The predicted molar refractivity (Wildman–Crippen MR) is 129 cm³/mol. The summed E-state index contributed by atoms with van der Waals surface area (Å²) in [5.41, 5.74) is 1.04. The first-order chi connectivity index (χ1) is 15.1. The highest BCUT2D eigenvalue weighted by Crippen LogP contribution is 2.28. The van der Waals surface area contributed by atoms with E-state index in [9.17, 15) is 0 Å². The van der Waals surface area contributed by atoms with Crippen molar-refractivity contribution >= 4 is 16.7 Å². The molecule has 1 saturated heterocycles. The summed E-state index contributed by atoms with van der Waals surface area (Å²) in [6, 6.07) is 9.18. The van der Waals surface area contributed by atoms with Gasteiger partial charge < -0.3 is 10.2 Å². The lowest BCUT2D eigenvalue weighted by Gasteiger charge is -2.41. The van der Waals surface area contributed by atoms with Gasteiger partial charge >= 0.3 is 0 Å². The van der Waals surface area contributed by atoms with Crippen molar-refractivity contribution in [1.82, 2.24) is 24.7 Å². The van der Waals surface area contributed by atoms with E-state index in [0.29, 0.717) is 0 Å². The molecule has 6 nitrogen and oxygen atoms in total. The number of benzene rings is 1. The maximum absolute atomic E-state index is 4.94. The Balaban J connectivity index is 1.36. The smallest absolute Gasteiger partial charge is 0.145 e. The molecule has 1 aliphatic carbocycles. The minimum absolute atomic E-state index is 0.813. The molecule has 0 spiro atoms. The molecule has 170 valence electrons. The van der Waals surface area contributed by atoms with Gasteiger partial charge in [-0.3, -0.25) is 9.80 Å². The quantitative estimate of drug-likeness (QED) is 0.652. The van der Waals surface area contributed by atoms with E-state index in [1.54, 1.807) is 0 Å². The first-order valence-electron chi connectivity index (χ1n) is 12.2. The number of piperazine rings is 1. The van der Waals surface area contributed by atoms with E-state index in [1.807, 2.05) is 0 Å². The van der Waals surface area contributed by atoms with Gasteiger partial charge in [0.2, 0.25) is 0 Å². The van der Waals surface area contributed by atoms with Crippen molar-refractivity contribution < 1.29 is 0 Å². The van der Waals surface area contributed by atoms with Gasteiger partial charge in [0.05, 0.1) is 12.1 Å². The van der Waals surface area contributed by atoms with Crippen molar-refractivity contribution in [1.29, 1.82) is 0 Å². The summed E-state index contributed by atoms with van der Waals surface area (Å²) in [7, 11) is 4.24. The van der Waals surface area contributed by atoms with Gasteiger partial charge in [0.15, 0.2) is 0 Å². The summed E-state index contributed by atoms with van der Waals surface area (Å²) in [5.74, 6) is 2.84. The zero-order valence-electron chi connectivity index (χ0n) is 19.7. The number of fused-ring (bicyclic) bond motifs is 1. The van der Waals surface area contributed by atoms with Crippen LogP contribution in [-0.4, -0.2) is 84.1 Å². The van der Waals surface area contributed by atoms with Crippen LogP contribution in [0.1, 0.15) is 44.9 Å². The molecule has 0 radical (unpaired) electrons. The van der Waals surface area contributed by atoms with Crippen LogP contribution < -0.4 is 5.32 Å². The largest absolute Gasteiger partial charge is 0.369 e. The molecule has 2 fully saturated rings. The molecule has 1 aromatic heterocycles. The lowest BCUT2D eigenvalue weighted by molar-refractivity contribution is 0.0678. The second kappa shape index (κ2) is 10.7. The third kappa shape index (κ3) is 6.15. The molecule has 0 unspecified atom stereocenters. The highest BCUT2D eigenvalue weighted by Gasteiger charge is 2.27. The lowest BCUT2D eigenvalue weighted by Crippen LogP contribution is -2.50. The fourth-order valence-electron chi connectivity index (χ4n) is 5.03. The van der Waals surface area contributed by atoms with Gasteiger partial charge in [0.25, 0.3) is 0 Å². The molecule has 31 heavy (non-hydrogen) atoms. The standard InChI is InChI=1S/C25H40N6/c1-20-9-11-21(12-10-20)31-17-15-30(16-18-31)19-24-27-23-8-5-4-7-22(23)25(28-24)26-13-6-14-29(2)3/h4-5,7-8,20-21H,6,9-19H2,1-3H3,(H,26,27,28). The number of hydrogen-bond acceptors (Lipinski definition) is 6. The zero-order valence-corrected chi connectivity index (χ0v) is 19.7. The Morgan fingerprint density at radius 3 is 2.48 bits per heavy atom. The maximum Gasteiger partial charge on any atom is 0.145 e. The van der Waals surface area contributed by atoms with Crippen molar-refractivity contribution in [3.8, 4) is 0 Å². The topological polar surface area (TPSA) is 47.5 Å². The Hall–Kier alpha value is -1.76. The average molecular weight is 425 g/mol. The van der Waals surface area contributed by atoms with Gasteiger partial charge in [-0.15, -0.1) is 0 Å². The molecule has 2 aromatic rings. The van der Waals surface area contributed by atoms with Gasteiger partial charge in [-0.2, -0.15) is 0 Å². The van der Waals surface area contributed by atoms with Crippen molar-refractivity contribution in [3.63, 3.8) is 0 Å². The fourth-order valence-corrected chi connectivity index (χ4v) is 5.03. The number of nitrogens with zero attached hydrogens (tertiary/aromatic N) is 5. The Morgan fingerprint density at radius 1 is 1.00 bits per heavy atom. The molecular formula is C25H40N6. The van der Waals surface area contributed by atoms with Crippen LogP contribution in [0.25, 0.3) is 10.9 Å². The molecule has 0 amide bonds. The summed E-state index contributed by atoms with van der Waals surface area (Å²) in [5, 5.41) is 4.69. The van der Waals surface area contributed by atoms with Crippen molar-refractivity contribution in [2.24, 2.45) is 5.92 Å². The van der Waals surface area contributed by atoms with Crippen LogP contribution in [-0.2, 0) is 6.54 Å². The van der Waals surface area contributed by atoms with Crippen LogP contribution in [0.4, 0.5) is 5.82 Å². The summed E-state index contributed by atoms with van der Waals surface area (Å²) in [4.78, 5) is 17.3. The minimum atomic E-state index is 0.813. The van der Waals surface area contributed by atoms with Gasteiger partial charge in [-0.25, -0.2) is 9.97 Å². The minimum Gasteiger partial charge on any atom is -0.369 e.